The van der Waals surface area contributed by atoms with Crippen molar-refractivity contribution in [3.8, 4) is 0 Å². The van der Waals surface area contributed by atoms with Crippen LogP contribution in [0.1, 0.15) is 31.5 Å². The Morgan fingerprint density at radius 2 is 2.28 bits per heavy atom. The molecule has 1 aromatic rings. The predicted octanol–water partition coefficient (Wildman–Crippen LogP) is 2.51. The molecule has 0 spiro atoms. The average Bonchev–Trinajstić information content (AvgIpc) is 2.64. The highest BCUT2D eigenvalue weighted by Gasteiger charge is 2.18. The molecule has 1 aromatic heterocycles. The smallest absolute Gasteiger partial charge is 0.317 e. The molecule has 0 bridgehead atoms. The quantitative estimate of drug-likeness (QED) is 0.805. The van der Waals surface area contributed by atoms with Crippen molar-refractivity contribution in [1.82, 2.24) is 9.88 Å². The van der Waals surface area contributed by atoms with Crippen LogP contribution in [0.15, 0.2) is 18.0 Å². The summed E-state index contributed by atoms with van der Waals surface area (Å²) in [6.45, 7) is 11.1. The summed E-state index contributed by atoms with van der Waals surface area (Å²) in [4.78, 5) is 17.1. The maximum absolute atomic E-state index is 10.7. The van der Waals surface area contributed by atoms with E-state index in [9.17, 15) is 4.79 Å². The first kappa shape index (κ1) is 14.9. The van der Waals surface area contributed by atoms with Gasteiger partial charge in [-0.05, 0) is 0 Å². The van der Waals surface area contributed by atoms with Crippen LogP contribution in [0.5, 0.6) is 0 Å². The molecule has 0 fully saturated rings. The fraction of sp³-hybridized carbons (Fsp3) is 0.538. The van der Waals surface area contributed by atoms with E-state index in [1.807, 2.05) is 5.38 Å². The van der Waals surface area contributed by atoms with E-state index < -0.39 is 5.97 Å². The molecule has 0 amide bonds. The van der Waals surface area contributed by atoms with Gasteiger partial charge in [0.05, 0.1) is 18.8 Å². The Bertz CT molecular complexity index is 421. The lowest BCUT2D eigenvalue weighted by Crippen LogP contribution is -2.29. The minimum absolute atomic E-state index is 0.0104. The van der Waals surface area contributed by atoms with E-state index in [1.54, 1.807) is 22.3 Å². The first-order valence-electron chi connectivity index (χ1n) is 5.83. The Labute approximate surface area is 112 Å². The average molecular weight is 268 g/mol. The summed E-state index contributed by atoms with van der Waals surface area (Å²) in [5, 5.41) is 11.8. The molecular formula is C13H20N2O2S. The number of aliphatic carboxylic acids is 1. The van der Waals surface area contributed by atoms with Gasteiger partial charge < -0.3 is 5.11 Å². The van der Waals surface area contributed by atoms with Gasteiger partial charge >= 0.3 is 5.97 Å². The van der Waals surface area contributed by atoms with Gasteiger partial charge in [-0.2, -0.15) is 0 Å². The monoisotopic (exact) mass is 268 g/mol. The fourth-order valence-corrected chi connectivity index (χ4v) is 2.54. The van der Waals surface area contributed by atoms with E-state index in [0.717, 1.165) is 10.7 Å². The van der Waals surface area contributed by atoms with E-state index in [1.165, 1.54) is 0 Å². The molecule has 0 aliphatic heterocycles. The van der Waals surface area contributed by atoms with Gasteiger partial charge in [0.2, 0.25) is 0 Å². The zero-order valence-electron chi connectivity index (χ0n) is 11.1. The van der Waals surface area contributed by atoms with E-state index in [0.29, 0.717) is 13.1 Å². The van der Waals surface area contributed by atoms with Crippen molar-refractivity contribution in [2.24, 2.45) is 0 Å². The van der Waals surface area contributed by atoms with Crippen molar-refractivity contribution in [1.29, 1.82) is 0 Å². The molecule has 1 N–H and O–H groups in total. The normalized spacial score (nSPS) is 11.8. The second-order valence-electron chi connectivity index (χ2n) is 5.23. The van der Waals surface area contributed by atoms with Gasteiger partial charge in [0.15, 0.2) is 0 Å². The van der Waals surface area contributed by atoms with Crippen molar-refractivity contribution in [2.75, 3.05) is 13.1 Å². The third-order valence-electron chi connectivity index (χ3n) is 2.43. The van der Waals surface area contributed by atoms with Crippen molar-refractivity contribution < 1.29 is 9.90 Å². The number of carbonyl (C=O) groups is 1. The van der Waals surface area contributed by atoms with Gasteiger partial charge in [-0.1, -0.05) is 26.8 Å². The number of nitrogens with zero attached hydrogens (tertiary/aromatic N) is 2. The van der Waals surface area contributed by atoms with Gasteiger partial charge in [0.1, 0.15) is 5.01 Å². The molecule has 5 heteroatoms. The highest BCUT2D eigenvalue weighted by atomic mass is 32.1. The number of carboxylic acids is 1. The van der Waals surface area contributed by atoms with Crippen LogP contribution in [0.4, 0.5) is 0 Å². The molecule has 0 radical (unpaired) electrons. The summed E-state index contributed by atoms with van der Waals surface area (Å²) in [5.74, 6) is -0.829. The lowest BCUT2D eigenvalue weighted by atomic mass is 9.93. The number of carboxylic acid groups (broad SMARTS) is 1. The first-order valence-corrected chi connectivity index (χ1v) is 6.71. The Morgan fingerprint density at radius 3 is 2.72 bits per heavy atom. The number of thiazole rings is 1. The molecule has 18 heavy (non-hydrogen) atoms. The molecule has 0 aromatic carbocycles. The standard InChI is InChI=1S/C13H20N2O2S/c1-5-6-15(8-12(16)17)7-11-14-10(9-18-11)13(2,3)4/h5,9H,1,6-8H2,2-4H3,(H,16,17). The molecule has 4 nitrogen and oxygen atoms in total. The SMILES string of the molecule is C=CCN(CC(=O)O)Cc1nc(C(C)(C)C)cs1. The zero-order valence-corrected chi connectivity index (χ0v) is 12.0. The lowest BCUT2D eigenvalue weighted by molar-refractivity contribution is -0.138. The summed E-state index contributed by atoms with van der Waals surface area (Å²) in [5.41, 5.74) is 1.08. The van der Waals surface area contributed by atoms with Crippen LogP contribution in [-0.4, -0.2) is 34.0 Å². The largest absolute Gasteiger partial charge is 0.480 e. The summed E-state index contributed by atoms with van der Waals surface area (Å²) in [6, 6.07) is 0. The maximum atomic E-state index is 10.7. The van der Waals surface area contributed by atoms with Crippen LogP contribution in [0.2, 0.25) is 0 Å². The van der Waals surface area contributed by atoms with E-state index in [-0.39, 0.29) is 12.0 Å². The summed E-state index contributed by atoms with van der Waals surface area (Å²) < 4.78 is 0. The second kappa shape index (κ2) is 6.11. The number of hydrogen-bond acceptors (Lipinski definition) is 4. The Morgan fingerprint density at radius 1 is 1.61 bits per heavy atom. The first-order chi connectivity index (χ1) is 8.32. The van der Waals surface area contributed by atoms with Crippen molar-refractivity contribution in [2.45, 2.75) is 32.7 Å². The van der Waals surface area contributed by atoms with Crippen LogP contribution < -0.4 is 0 Å². The molecule has 1 heterocycles. The molecule has 0 aliphatic rings. The van der Waals surface area contributed by atoms with Crippen molar-refractivity contribution in [3.05, 3.63) is 28.7 Å². The molecule has 0 saturated heterocycles. The molecule has 0 unspecified atom stereocenters. The van der Waals surface area contributed by atoms with Crippen molar-refractivity contribution >= 4 is 17.3 Å². The Kier molecular flexibility index (Phi) is 5.04. The van der Waals surface area contributed by atoms with E-state index in [4.69, 9.17) is 5.11 Å². The van der Waals surface area contributed by atoms with E-state index in [2.05, 4.69) is 32.3 Å². The van der Waals surface area contributed by atoms with Crippen LogP contribution >= 0.6 is 11.3 Å². The topological polar surface area (TPSA) is 53.4 Å². The molecule has 0 saturated carbocycles. The second-order valence-corrected chi connectivity index (χ2v) is 6.17. The van der Waals surface area contributed by atoms with Gasteiger partial charge in [-0.25, -0.2) is 4.98 Å². The van der Waals surface area contributed by atoms with Crippen LogP contribution in [0, 0.1) is 0 Å². The van der Waals surface area contributed by atoms with Gasteiger partial charge in [-0.15, -0.1) is 17.9 Å². The molecule has 1 rings (SSSR count). The summed E-state index contributed by atoms with van der Waals surface area (Å²) >= 11 is 1.58. The minimum atomic E-state index is -0.829. The molecule has 100 valence electrons. The van der Waals surface area contributed by atoms with E-state index >= 15 is 0 Å². The van der Waals surface area contributed by atoms with Crippen LogP contribution in [-0.2, 0) is 16.8 Å². The highest BCUT2D eigenvalue weighted by molar-refractivity contribution is 7.09. The lowest BCUT2D eigenvalue weighted by Gasteiger charge is -2.17. The third-order valence-corrected chi connectivity index (χ3v) is 3.26. The predicted molar refractivity (Wildman–Crippen MR) is 73.9 cm³/mol. The Balaban J connectivity index is 2.72. The number of hydrogen-bond donors (Lipinski definition) is 1. The Hall–Kier alpha value is -1.20. The maximum Gasteiger partial charge on any atom is 0.317 e. The molecule has 0 atom stereocenters. The number of aromatic nitrogens is 1. The minimum Gasteiger partial charge on any atom is -0.480 e. The van der Waals surface area contributed by atoms with Gasteiger partial charge in [0, 0.05) is 17.3 Å². The van der Waals surface area contributed by atoms with Gasteiger partial charge in [-0.3, -0.25) is 9.69 Å². The zero-order chi connectivity index (χ0) is 13.8. The van der Waals surface area contributed by atoms with Crippen molar-refractivity contribution in [3.63, 3.8) is 0 Å². The fourth-order valence-electron chi connectivity index (χ4n) is 1.48. The van der Waals surface area contributed by atoms with Crippen LogP contribution in [0.3, 0.4) is 0 Å². The summed E-state index contributed by atoms with van der Waals surface area (Å²) in [6.07, 6.45) is 1.71. The molecule has 0 aliphatic carbocycles. The number of rotatable bonds is 6. The van der Waals surface area contributed by atoms with Gasteiger partial charge in [0.25, 0.3) is 0 Å². The third kappa shape index (κ3) is 4.58. The molecular weight excluding hydrogens is 248 g/mol. The summed E-state index contributed by atoms with van der Waals surface area (Å²) in [7, 11) is 0. The highest BCUT2D eigenvalue weighted by Crippen LogP contribution is 2.24. The van der Waals surface area contributed by atoms with Crippen LogP contribution in [0.25, 0.3) is 0 Å².